The molecule has 0 radical (unpaired) electrons. The van der Waals surface area contributed by atoms with E-state index < -0.39 is 11.9 Å². The largest absolute Gasteiger partial charge is 0.481 e. The summed E-state index contributed by atoms with van der Waals surface area (Å²) in [6, 6.07) is 3.31. The van der Waals surface area contributed by atoms with E-state index in [1.165, 1.54) is 6.20 Å². The van der Waals surface area contributed by atoms with Crippen LogP contribution in [0.4, 0.5) is 0 Å². The summed E-state index contributed by atoms with van der Waals surface area (Å²) in [4.78, 5) is 26.8. The van der Waals surface area contributed by atoms with Gasteiger partial charge in [0.2, 0.25) is 0 Å². The molecule has 1 aromatic heterocycles. The molecule has 1 heterocycles. The van der Waals surface area contributed by atoms with Crippen LogP contribution < -0.4 is 5.32 Å². The zero-order valence-corrected chi connectivity index (χ0v) is 11.5. The van der Waals surface area contributed by atoms with Crippen molar-refractivity contribution in [2.75, 3.05) is 6.54 Å². The Balaban J connectivity index is 2.58. The maximum Gasteiger partial charge on any atom is 0.308 e. The van der Waals surface area contributed by atoms with Crippen molar-refractivity contribution in [1.29, 1.82) is 0 Å². The van der Waals surface area contributed by atoms with Gasteiger partial charge in [-0.05, 0) is 24.0 Å². The van der Waals surface area contributed by atoms with Crippen LogP contribution >= 0.6 is 0 Å². The number of nitrogens with one attached hydrogen (secondary N) is 1. The maximum absolute atomic E-state index is 11.8. The van der Waals surface area contributed by atoms with Gasteiger partial charge in [-0.3, -0.25) is 14.6 Å². The molecule has 0 spiro atoms. The Morgan fingerprint density at radius 1 is 1.42 bits per heavy atom. The molecule has 0 aromatic carbocycles. The maximum atomic E-state index is 11.8. The molecular formula is C14H20N2O3. The number of amides is 1. The fourth-order valence-electron chi connectivity index (χ4n) is 1.80. The lowest BCUT2D eigenvalue weighted by molar-refractivity contribution is -0.142. The molecule has 0 bridgehead atoms. The van der Waals surface area contributed by atoms with Gasteiger partial charge in [-0.1, -0.05) is 20.8 Å². The second kappa shape index (κ2) is 6.31. The summed E-state index contributed by atoms with van der Waals surface area (Å²) in [7, 11) is 0. The summed E-state index contributed by atoms with van der Waals surface area (Å²) in [6.45, 7) is 6.06. The lowest BCUT2D eigenvalue weighted by Crippen LogP contribution is -2.35. The van der Waals surface area contributed by atoms with E-state index in [0.29, 0.717) is 12.0 Å². The number of hydrogen-bond acceptors (Lipinski definition) is 3. The number of carboxylic acid groups (broad SMARTS) is 1. The molecule has 5 heteroatoms. The van der Waals surface area contributed by atoms with Crippen molar-refractivity contribution in [3.63, 3.8) is 0 Å². The minimum Gasteiger partial charge on any atom is -0.481 e. The Kier molecular flexibility index (Phi) is 5.03. The third kappa shape index (κ3) is 5.50. The Morgan fingerprint density at radius 3 is 2.58 bits per heavy atom. The van der Waals surface area contributed by atoms with Crippen LogP contribution in [0.5, 0.6) is 0 Å². The lowest BCUT2D eigenvalue weighted by Gasteiger charge is -2.23. The molecule has 104 valence electrons. The van der Waals surface area contributed by atoms with Crippen LogP contribution in [-0.4, -0.2) is 28.5 Å². The van der Waals surface area contributed by atoms with Crippen molar-refractivity contribution in [1.82, 2.24) is 10.3 Å². The fraction of sp³-hybridized carbons (Fsp3) is 0.500. The minimum atomic E-state index is -0.888. The zero-order chi connectivity index (χ0) is 14.5. The molecule has 19 heavy (non-hydrogen) atoms. The number of pyridine rings is 1. The first-order chi connectivity index (χ1) is 8.79. The van der Waals surface area contributed by atoms with Crippen molar-refractivity contribution in [3.8, 4) is 0 Å². The zero-order valence-electron chi connectivity index (χ0n) is 11.5. The van der Waals surface area contributed by atoms with Gasteiger partial charge in [0.1, 0.15) is 0 Å². The highest BCUT2D eigenvalue weighted by molar-refractivity contribution is 5.94. The van der Waals surface area contributed by atoms with Crippen LogP contribution in [-0.2, 0) is 4.79 Å². The van der Waals surface area contributed by atoms with Gasteiger partial charge in [0, 0.05) is 18.9 Å². The quantitative estimate of drug-likeness (QED) is 0.852. The SMILES string of the molecule is CC(C)(C)CC(CNC(=O)c1cccnc1)C(=O)O. The number of carbonyl (C=O) groups excluding carboxylic acids is 1. The summed E-state index contributed by atoms with van der Waals surface area (Å²) in [5, 5.41) is 11.8. The highest BCUT2D eigenvalue weighted by Crippen LogP contribution is 2.24. The molecule has 0 saturated carbocycles. The van der Waals surface area contributed by atoms with Crippen molar-refractivity contribution in [2.45, 2.75) is 27.2 Å². The summed E-state index contributed by atoms with van der Waals surface area (Å²) in [5.41, 5.74) is 0.338. The van der Waals surface area contributed by atoms with E-state index in [9.17, 15) is 9.59 Å². The van der Waals surface area contributed by atoms with Crippen molar-refractivity contribution >= 4 is 11.9 Å². The third-order valence-electron chi connectivity index (χ3n) is 2.64. The Bertz CT molecular complexity index is 438. The summed E-state index contributed by atoms with van der Waals surface area (Å²) in [5.74, 6) is -1.77. The number of hydrogen-bond donors (Lipinski definition) is 2. The predicted molar refractivity (Wildman–Crippen MR) is 71.8 cm³/mol. The van der Waals surface area contributed by atoms with Crippen molar-refractivity contribution in [2.24, 2.45) is 11.3 Å². The molecule has 2 N–H and O–H groups in total. The second-order valence-electron chi connectivity index (χ2n) is 5.75. The molecule has 0 saturated heterocycles. The van der Waals surface area contributed by atoms with Crippen LogP contribution in [0.1, 0.15) is 37.6 Å². The van der Waals surface area contributed by atoms with E-state index in [-0.39, 0.29) is 17.9 Å². The van der Waals surface area contributed by atoms with E-state index >= 15 is 0 Å². The summed E-state index contributed by atoms with van der Waals surface area (Å²) < 4.78 is 0. The number of carbonyl (C=O) groups is 2. The monoisotopic (exact) mass is 264 g/mol. The Labute approximate surface area is 113 Å². The smallest absolute Gasteiger partial charge is 0.308 e. The predicted octanol–water partition coefficient (Wildman–Crippen LogP) is 1.95. The molecule has 0 aliphatic rings. The molecule has 1 amide bonds. The average molecular weight is 264 g/mol. The van der Waals surface area contributed by atoms with Crippen LogP contribution in [0.15, 0.2) is 24.5 Å². The van der Waals surface area contributed by atoms with E-state index in [0.717, 1.165) is 0 Å². The Morgan fingerprint density at radius 2 is 2.11 bits per heavy atom. The van der Waals surface area contributed by atoms with E-state index in [2.05, 4.69) is 10.3 Å². The van der Waals surface area contributed by atoms with Crippen LogP contribution in [0.3, 0.4) is 0 Å². The van der Waals surface area contributed by atoms with Gasteiger partial charge < -0.3 is 10.4 Å². The number of aromatic nitrogens is 1. The van der Waals surface area contributed by atoms with Gasteiger partial charge in [0.15, 0.2) is 0 Å². The van der Waals surface area contributed by atoms with Crippen LogP contribution in [0, 0.1) is 11.3 Å². The topological polar surface area (TPSA) is 79.3 Å². The molecule has 0 fully saturated rings. The average Bonchev–Trinajstić information content (AvgIpc) is 2.33. The first kappa shape index (κ1) is 15.1. The fourth-order valence-corrected chi connectivity index (χ4v) is 1.80. The second-order valence-corrected chi connectivity index (χ2v) is 5.75. The molecule has 0 aliphatic heterocycles. The number of nitrogens with zero attached hydrogens (tertiary/aromatic N) is 1. The highest BCUT2D eigenvalue weighted by Gasteiger charge is 2.25. The standard InChI is InChI=1S/C14H20N2O3/c1-14(2,3)7-11(13(18)19)9-16-12(17)10-5-4-6-15-8-10/h4-6,8,11H,7,9H2,1-3H3,(H,16,17)(H,18,19). The molecule has 0 aliphatic carbocycles. The molecule has 1 rings (SSSR count). The van der Waals surface area contributed by atoms with Gasteiger partial charge in [0.25, 0.3) is 5.91 Å². The highest BCUT2D eigenvalue weighted by atomic mass is 16.4. The van der Waals surface area contributed by atoms with E-state index in [1.54, 1.807) is 18.3 Å². The molecule has 1 unspecified atom stereocenters. The number of carboxylic acids is 1. The van der Waals surface area contributed by atoms with Gasteiger partial charge >= 0.3 is 5.97 Å². The number of aliphatic carboxylic acids is 1. The molecular weight excluding hydrogens is 244 g/mol. The van der Waals surface area contributed by atoms with E-state index in [4.69, 9.17) is 5.11 Å². The number of rotatable bonds is 5. The molecule has 1 aromatic rings. The minimum absolute atomic E-state index is 0.0952. The van der Waals surface area contributed by atoms with Gasteiger partial charge in [-0.2, -0.15) is 0 Å². The van der Waals surface area contributed by atoms with Crippen molar-refractivity contribution in [3.05, 3.63) is 30.1 Å². The van der Waals surface area contributed by atoms with Crippen molar-refractivity contribution < 1.29 is 14.7 Å². The summed E-state index contributed by atoms with van der Waals surface area (Å²) >= 11 is 0. The third-order valence-corrected chi connectivity index (χ3v) is 2.64. The molecule has 5 nitrogen and oxygen atoms in total. The molecule has 1 atom stereocenters. The first-order valence-electron chi connectivity index (χ1n) is 6.20. The summed E-state index contributed by atoms with van der Waals surface area (Å²) in [6.07, 6.45) is 3.54. The van der Waals surface area contributed by atoms with Crippen LogP contribution in [0.2, 0.25) is 0 Å². The van der Waals surface area contributed by atoms with Gasteiger partial charge in [0.05, 0.1) is 11.5 Å². The normalized spacial score (nSPS) is 12.8. The van der Waals surface area contributed by atoms with E-state index in [1.807, 2.05) is 20.8 Å². The van der Waals surface area contributed by atoms with Gasteiger partial charge in [-0.25, -0.2) is 0 Å². The lowest BCUT2D eigenvalue weighted by atomic mass is 9.84. The van der Waals surface area contributed by atoms with Crippen LogP contribution in [0.25, 0.3) is 0 Å². The Hall–Kier alpha value is -1.91. The van der Waals surface area contributed by atoms with Gasteiger partial charge in [-0.15, -0.1) is 0 Å². The first-order valence-corrected chi connectivity index (χ1v) is 6.20.